The number of halogens is 4. The number of benzene rings is 2. The molecule has 0 aliphatic rings. The maximum Gasteiger partial charge on any atom is 0.334 e. The third kappa shape index (κ3) is 5.84. The van der Waals surface area contributed by atoms with E-state index in [1.54, 1.807) is 36.4 Å². The second kappa shape index (κ2) is 8.79. The highest BCUT2D eigenvalue weighted by Crippen LogP contribution is 2.24. The highest BCUT2D eigenvalue weighted by Gasteiger charge is 2.34. The first-order valence-electron chi connectivity index (χ1n) is 9.43. The topological polar surface area (TPSA) is 64.2 Å². The van der Waals surface area contributed by atoms with Crippen LogP contribution in [0.2, 0.25) is 0 Å². The zero-order chi connectivity index (χ0) is 22.6. The van der Waals surface area contributed by atoms with Crippen molar-refractivity contribution in [3.63, 3.8) is 0 Å². The van der Waals surface area contributed by atoms with Gasteiger partial charge in [-0.05, 0) is 11.1 Å². The van der Waals surface area contributed by atoms with Gasteiger partial charge in [-0.3, -0.25) is 13.9 Å². The van der Waals surface area contributed by atoms with Gasteiger partial charge in [-0.2, -0.15) is 0 Å². The molecule has 0 amide bonds. The van der Waals surface area contributed by atoms with E-state index < -0.39 is 54.9 Å². The normalized spacial score (nSPS) is 12.1. The molecule has 3 rings (SSSR count). The summed E-state index contributed by atoms with van der Waals surface area (Å²) in [6, 6.07) is 16.0. The van der Waals surface area contributed by atoms with Crippen LogP contribution in [0.25, 0.3) is 0 Å². The van der Waals surface area contributed by atoms with Gasteiger partial charge in [0, 0.05) is 12.8 Å². The third-order valence-corrected chi connectivity index (χ3v) is 4.65. The van der Waals surface area contributed by atoms with Crippen molar-refractivity contribution in [1.82, 2.24) is 9.13 Å². The van der Waals surface area contributed by atoms with Gasteiger partial charge in [0.25, 0.3) is 17.4 Å². The fourth-order valence-corrected chi connectivity index (χ4v) is 3.26. The molecule has 0 atom stereocenters. The first kappa shape index (κ1) is 22.3. The lowest BCUT2D eigenvalue weighted by atomic mass is 10.1. The second-order valence-electron chi connectivity index (χ2n) is 7.33. The quantitative estimate of drug-likeness (QED) is 0.550. The van der Waals surface area contributed by atoms with E-state index in [0.29, 0.717) is 11.6 Å². The minimum absolute atomic E-state index is 0.168. The summed E-state index contributed by atoms with van der Waals surface area (Å²) < 4.78 is 58.4. The van der Waals surface area contributed by atoms with Crippen LogP contribution in [0, 0.1) is 0 Å². The molecular formula is C22H20F4N2O3. The van der Waals surface area contributed by atoms with E-state index in [1.165, 1.54) is 24.3 Å². The highest BCUT2D eigenvalue weighted by molar-refractivity contribution is 5.18. The molecule has 0 saturated heterocycles. The first-order chi connectivity index (χ1) is 14.6. The number of rotatable bonds is 8. The molecule has 1 aromatic heterocycles. The Labute approximate surface area is 174 Å². The molecule has 0 fully saturated rings. The van der Waals surface area contributed by atoms with Crippen LogP contribution in [-0.2, 0) is 25.9 Å². The van der Waals surface area contributed by atoms with Gasteiger partial charge < -0.3 is 5.11 Å². The summed E-state index contributed by atoms with van der Waals surface area (Å²) in [5, 5.41) is 9.89. The third-order valence-electron chi connectivity index (χ3n) is 4.65. The monoisotopic (exact) mass is 436 g/mol. The van der Waals surface area contributed by atoms with Crippen LogP contribution in [0.1, 0.15) is 11.1 Å². The molecule has 1 N–H and O–H groups in total. The number of alkyl halides is 4. The van der Waals surface area contributed by atoms with Crippen LogP contribution in [0.15, 0.2) is 76.3 Å². The zero-order valence-corrected chi connectivity index (χ0v) is 16.3. The van der Waals surface area contributed by atoms with Crippen LogP contribution in [0.4, 0.5) is 17.6 Å². The van der Waals surface area contributed by atoms with Gasteiger partial charge in [0.1, 0.15) is 0 Å². The lowest BCUT2D eigenvalue weighted by Gasteiger charge is -2.21. The highest BCUT2D eigenvalue weighted by atomic mass is 19.3. The Kier molecular flexibility index (Phi) is 6.33. The average Bonchev–Trinajstić information content (AvgIpc) is 2.69. The summed E-state index contributed by atoms with van der Waals surface area (Å²) in [5.41, 5.74) is -2.04. The van der Waals surface area contributed by atoms with Crippen molar-refractivity contribution in [2.45, 2.75) is 37.8 Å². The van der Waals surface area contributed by atoms with Gasteiger partial charge in [-0.15, -0.1) is 0 Å². The van der Waals surface area contributed by atoms with Crippen LogP contribution < -0.4 is 11.2 Å². The predicted molar refractivity (Wildman–Crippen MR) is 107 cm³/mol. The first-order valence-corrected chi connectivity index (χ1v) is 9.43. The maximum atomic E-state index is 14.5. The lowest BCUT2D eigenvalue weighted by molar-refractivity contribution is -0.0247. The van der Waals surface area contributed by atoms with E-state index in [4.69, 9.17) is 0 Å². The van der Waals surface area contributed by atoms with Crippen LogP contribution in [-0.4, -0.2) is 26.1 Å². The molecule has 0 radical (unpaired) electrons. The van der Waals surface area contributed by atoms with Gasteiger partial charge in [0.15, 0.2) is 0 Å². The van der Waals surface area contributed by atoms with Gasteiger partial charge in [-0.25, -0.2) is 22.4 Å². The lowest BCUT2D eigenvalue weighted by Crippen LogP contribution is -2.46. The molecule has 2 aromatic carbocycles. The number of nitrogens with zero attached hydrogens (tertiary/aromatic N) is 2. The Bertz CT molecular complexity index is 1140. The smallest absolute Gasteiger partial charge is 0.334 e. The molecule has 0 unspecified atom stereocenters. The van der Waals surface area contributed by atoms with Crippen molar-refractivity contribution in [2.75, 3.05) is 0 Å². The Balaban J connectivity index is 1.87. The summed E-state index contributed by atoms with van der Waals surface area (Å²) in [6.07, 6.45) is -1.48. The fraction of sp³-hybridized carbons (Fsp3) is 0.273. The molecule has 9 heteroatoms. The van der Waals surface area contributed by atoms with Gasteiger partial charge >= 0.3 is 5.69 Å². The Hall–Kier alpha value is -3.36. The predicted octanol–water partition coefficient (Wildman–Crippen LogP) is 3.47. The minimum atomic E-state index is -3.49. The number of aromatic hydroxyl groups is 1. The molecule has 0 aliphatic carbocycles. The van der Waals surface area contributed by atoms with Gasteiger partial charge in [-0.1, -0.05) is 60.7 Å². The Morgan fingerprint density at radius 1 is 0.710 bits per heavy atom. The van der Waals surface area contributed by atoms with E-state index in [0.717, 1.165) is 0 Å². The Morgan fingerprint density at radius 2 is 1.13 bits per heavy atom. The maximum absolute atomic E-state index is 14.5. The molecule has 0 saturated carbocycles. The standard InChI is InChI=1S/C22H20F4N2O3/c23-21(24,12-16-7-3-1-4-8-16)14-27-18(29)11-19(30)28(20(27)31)15-22(25,26)13-17-9-5-2-6-10-17/h1-11,29H,12-15H2. The molecule has 0 spiro atoms. The molecule has 164 valence electrons. The SMILES string of the molecule is O=c1cc(O)n(CC(F)(F)Cc2ccccc2)c(=O)n1CC(F)(F)Cc1ccccc1. The van der Waals surface area contributed by atoms with Gasteiger partial charge in [0.2, 0.25) is 5.88 Å². The van der Waals surface area contributed by atoms with Crippen LogP contribution >= 0.6 is 0 Å². The van der Waals surface area contributed by atoms with Crippen LogP contribution in [0.5, 0.6) is 5.88 Å². The fourth-order valence-electron chi connectivity index (χ4n) is 3.26. The summed E-state index contributed by atoms with van der Waals surface area (Å²) >= 11 is 0. The largest absolute Gasteiger partial charge is 0.494 e. The van der Waals surface area contributed by atoms with Gasteiger partial charge in [0.05, 0.1) is 19.2 Å². The van der Waals surface area contributed by atoms with Crippen LogP contribution in [0.3, 0.4) is 0 Å². The Morgan fingerprint density at radius 3 is 1.58 bits per heavy atom. The van der Waals surface area contributed by atoms with E-state index in [1.807, 2.05) is 0 Å². The number of hydrogen-bond acceptors (Lipinski definition) is 3. The molecular weight excluding hydrogens is 416 g/mol. The number of aromatic nitrogens is 2. The second-order valence-corrected chi connectivity index (χ2v) is 7.33. The molecule has 0 aliphatic heterocycles. The van der Waals surface area contributed by atoms with Crippen molar-refractivity contribution in [3.8, 4) is 5.88 Å². The molecule has 1 heterocycles. The number of hydrogen-bond donors (Lipinski definition) is 1. The van der Waals surface area contributed by atoms with E-state index in [9.17, 15) is 32.3 Å². The molecule has 3 aromatic rings. The molecule has 5 nitrogen and oxygen atoms in total. The molecule has 31 heavy (non-hydrogen) atoms. The summed E-state index contributed by atoms with van der Waals surface area (Å²) in [4.78, 5) is 24.6. The van der Waals surface area contributed by atoms with E-state index in [-0.39, 0.29) is 14.7 Å². The van der Waals surface area contributed by atoms with E-state index in [2.05, 4.69) is 0 Å². The zero-order valence-electron chi connectivity index (χ0n) is 16.3. The van der Waals surface area contributed by atoms with Crippen molar-refractivity contribution in [2.24, 2.45) is 0 Å². The van der Waals surface area contributed by atoms with Crippen molar-refractivity contribution < 1.29 is 22.7 Å². The average molecular weight is 436 g/mol. The summed E-state index contributed by atoms with van der Waals surface area (Å²) in [5.74, 6) is -7.98. The van der Waals surface area contributed by atoms with Crippen molar-refractivity contribution in [3.05, 3.63) is 98.7 Å². The van der Waals surface area contributed by atoms with Crippen molar-refractivity contribution >= 4 is 0 Å². The van der Waals surface area contributed by atoms with Crippen molar-refractivity contribution in [1.29, 1.82) is 0 Å². The minimum Gasteiger partial charge on any atom is -0.494 e. The summed E-state index contributed by atoms with van der Waals surface area (Å²) in [7, 11) is 0. The summed E-state index contributed by atoms with van der Waals surface area (Å²) in [6.45, 7) is -2.57. The van der Waals surface area contributed by atoms with E-state index >= 15 is 0 Å². The molecule has 0 bridgehead atoms.